The van der Waals surface area contributed by atoms with Crippen LogP contribution in [0, 0.1) is 0 Å². The Morgan fingerprint density at radius 3 is 2.95 bits per heavy atom. The number of nitrogens with zero attached hydrogens (tertiary/aromatic N) is 4. The molecule has 3 rings (SSSR count). The van der Waals surface area contributed by atoms with Crippen LogP contribution in [0.25, 0.3) is 22.2 Å². The van der Waals surface area contributed by atoms with E-state index in [9.17, 15) is 0 Å². The summed E-state index contributed by atoms with van der Waals surface area (Å²) in [6.45, 7) is 1.36. The van der Waals surface area contributed by atoms with Gasteiger partial charge in [-0.15, -0.1) is 0 Å². The highest BCUT2D eigenvalue weighted by atomic mass is 35.5. The Bertz CT molecular complexity index is 741. The Morgan fingerprint density at radius 2 is 2.10 bits per heavy atom. The van der Waals surface area contributed by atoms with E-state index in [0.29, 0.717) is 11.8 Å². The number of hydrogen-bond donors (Lipinski definition) is 0. The van der Waals surface area contributed by atoms with E-state index in [1.165, 1.54) is 0 Å². The van der Waals surface area contributed by atoms with Gasteiger partial charge in [0, 0.05) is 30.6 Å². The molecule has 0 N–H and O–H groups in total. The van der Waals surface area contributed by atoms with Crippen molar-refractivity contribution in [2.45, 2.75) is 6.54 Å². The van der Waals surface area contributed by atoms with E-state index in [1.54, 1.807) is 13.2 Å². The highest BCUT2D eigenvalue weighted by molar-refractivity contribution is 6.29. The first-order valence-electron chi connectivity index (χ1n) is 6.20. The molecule has 0 saturated heterocycles. The number of ether oxygens (including phenoxy) is 1. The highest BCUT2D eigenvalue weighted by Gasteiger charge is 2.05. The summed E-state index contributed by atoms with van der Waals surface area (Å²) in [5.74, 6) is 0. The SMILES string of the molecule is COCCn1cc(-c2cnc3ccc(Cl)nc3c2)cn1. The third-order valence-electron chi connectivity index (χ3n) is 2.99. The van der Waals surface area contributed by atoms with Crippen molar-refractivity contribution in [3.05, 3.63) is 41.9 Å². The molecule has 0 amide bonds. The molecule has 0 saturated carbocycles. The molecule has 102 valence electrons. The molecular weight excluding hydrogens is 276 g/mol. The van der Waals surface area contributed by atoms with Crippen molar-refractivity contribution in [1.29, 1.82) is 0 Å². The molecule has 0 aliphatic heterocycles. The van der Waals surface area contributed by atoms with Gasteiger partial charge >= 0.3 is 0 Å². The predicted molar refractivity (Wildman–Crippen MR) is 77.6 cm³/mol. The molecule has 0 unspecified atom stereocenters. The molecule has 0 aliphatic rings. The second kappa shape index (κ2) is 5.56. The van der Waals surface area contributed by atoms with Crippen LogP contribution < -0.4 is 0 Å². The topological polar surface area (TPSA) is 52.8 Å². The van der Waals surface area contributed by atoms with Crippen LogP contribution in [-0.4, -0.2) is 33.5 Å². The maximum atomic E-state index is 5.91. The highest BCUT2D eigenvalue weighted by Crippen LogP contribution is 2.22. The summed E-state index contributed by atoms with van der Waals surface area (Å²) >= 11 is 5.91. The Morgan fingerprint density at radius 1 is 1.20 bits per heavy atom. The zero-order valence-electron chi connectivity index (χ0n) is 11.0. The smallest absolute Gasteiger partial charge is 0.129 e. The zero-order valence-corrected chi connectivity index (χ0v) is 11.7. The van der Waals surface area contributed by atoms with Gasteiger partial charge in [-0.2, -0.15) is 5.10 Å². The van der Waals surface area contributed by atoms with E-state index in [4.69, 9.17) is 16.3 Å². The summed E-state index contributed by atoms with van der Waals surface area (Å²) in [6, 6.07) is 5.56. The molecule has 0 aliphatic carbocycles. The lowest BCUT2D eigenvalue weighted by atomic mass is 10.1. The van der Waals surface area contributed by atoms with Gasteiger partial charge in [0.15, 0.2) is 0 Å². The minimum Gasteiger partial charge on any atom is -0.383 e. The molecule has 3 aromatic rings. The van der Waals surface area contributed by atoms with Gasteiger partial charge in [-0.1, -0.05) is 11.6 Å². The van der Waals surface area contributed by atoms with Gasteiger partial charge in [-0.3, -0.25) is 9.67 Å². The minimum atomic E-state index is 0.465. The normalized spacial score (nSPS) is 11.1. The monoisotopic (exact) mass is 288 g/mol. The Balaban J connectivity index is 1.95. The Hall–Kier alpha value is -1.98. The van der Waals surface area contributed by atoms with Gasteiger partial charge in [0.05, 0.1) is 30.4 Å². The summed E-state index contributed by atoms with van der Waals surface area (Å²) in [6.07, 6.45) is 5.59. The van der Waals surface area contributed by atoms with E-state index in [-0.39, 0.29) is 0 Å². The molecule has 0 radical (unpaired) electrons. The van der Waals surface area contributed by atoms with E-state index < -0.39 is 0 Å². The third-order valence-corrected chi connectivity index (χ3v) is 3.20. The first-order valence-corrected chi connectivity index (χ1v) is 6.58. The summed E-state index contributed by atoms with van der Waals surface area (Å²) in [5.41, 5.74) is 3.57. The molecule has 0 atom stereocenters. The quantitative estimate of drug-likeness (QED) is 0.693. The van der Waals surface area contributed by atoms with Crippen LogP contribution in [0.1, 0.15) is 0 Å². The third kappa shape index (κ3) is 2.64. The molecule has 0 fully saturated rings. The van der Waals surface area contributed by atoms with Gasteiger partial charge in [0.1, 0.15) is 5.15 Å². The van der Waals surface area contributed by atoms with Crippen LogP contribution in [0.2, 0.25) is 5.15 Å². The maximum Gasteiger partial charge on any atom is 0.129 e. The van der Waals surface area contributed by atoms with Gasteiger partial charge < -0.3 is 4.74 Å². The number of halogens is 1. The van der Waals surface area contributed by atoms with E-state index in [0.717, 1.165) is 28.7 Å². The van der Waals surface area contributed by atoms with Crippen LogP contribution in [-0.2, 0) is 11.3 Å². The standard InChI is InChI=1S/C14H13ClN4O/c1-20-5-4-19-9-11(8-17-19)10-6-13-12(16-7-10)2-3-14(15)18-13/h2-3,6-9H,4-5H2,1H3. The molecule has 5 nitrogen and oxygen atoms in total. The number of fused-ring (bicyclic) bond motifs is 1. The minimum absolute atomic E-state index is 0.465. The summed E-state index contributed by atoms with van der Waals surface area (Å²) < 4.78 is 6.88. The van der Waals surface area contributed by atoms with Crippen LogP contribution >= 0.6 is 11.6 Å². The predicted octanol–water partition coefficient (Wildman–Crippen LogP) is 2.79. The Labute approximate surface area is 121 Å². The van der Waals surface area contributed by atoms with E-state index in [1.807, 2.05) is 35.4 Å². The molecular formula is C14H13ClN4O. The largest absolute Gasteiger partial charge is 0.383 e. The van der Waals surface area contributed by atoms with Crippen molar-refractivity contribution in [2.24, 2.45) is 0 Å². The van der Waals surface area contributed by atoms with Crippen molar-refractivity contribution in [3.63, 3.8) is 0 Å². The summed E-state index contributed by atoms with van der Waals surface area (Å²) in [4.78, 5) is 8.66. The van der Waals surface area contributed by atoms with Crippen molar-refractivity contribution in [2.75, 3.05) is 13.7 Å². The molecule has 0 bridgehead atoms. The fourth-order valence-corrected chi connectivity index (χ4v) is 2.11. The number of aromatic nitrogens is 4. The van der Waals surface area contributed by atoms with Crippen molar-refractivity contribution >= 4 is 22.6 Å². The van der Waals surface area contributed by atoms with Crippen molar-refractivity contribution < 1.29 is 4.74 Å². The molecule has 0 aromatic carbocycles. The average molecular weight is 289 g/mol. The molecule has 3 heterocycles. The fourth-order valence-electron chi connectivity index (χ4n) is 1.96. The maximum absolute atomic E-state index is 5.91. The lowest BCUT2D eigenvalue weighted by Crippen LogP contribution is -2.03. The summed E-state index contributed by atoms with van der Waals surface area (Å²) in [5, 5.41) is 4.76. The van der Waals surface area contributed by atoms with Gasteiger partial charge in [-0.25, -0.2) is 4.98 Å². The second-order valence-corrected chi connectivity index (χ2v) is 4.77. The first kappa shape index (κ1) is 13.0. The van der Waals surface area contributed by atoms with Gasteiger partial charge in [0.25, 0.3) is 0 Å². The van der Waals surface area contributed by atoms with Crippen LogP contribution in [0.4, 0.5) is 0 Å². The number of hydrogen-bond acceptors (Lipinski definition) is 4. The van der Waals surface area contributed by atoms with Crippen LogP contribution in [0.3, 0.4) is 0 Å². The van der Waals surface area contributed by atoms with Gasteiger partial charge in [0.2, 0.25) is 0 Å². The number of rotatable bonds is 4. The number of pyridine rings is 2. The zero-order chi connectivity index (χ0) is 13.9. The molecule has 6 heteroatoms. The van der Waals surface area contributed by atoms with E-state index in [2.05, 4.69) is 15.1 Å². The molecule has 3 aromatic heterocycles. The molecule has 20 heavy (non-hydrogen) atoms. The molecule has 0 spiro atoms. The van der Waals surface area contributed by atoms with Crippen LogP contribution in [0.15, 0.2) is 36.8 Å². The summed E-state index contributed by atoms with van der Waals surface area (Å²) in [7, 11) is 1.67. The Kier molecular flexibility index (Phi) is 3.62. The fraction of sp³-hybridized carbons (Fsp3) is 0.214. The average Bonchev–Trinajstić information content (AvgIpc) is 2.93. The lowest BCUT2D eigenvalue weighted by Gasteiger charge is -2.01. The number of methoxy groups -OCH3 is 1. The van der Waals surface area contributed by atoms with Crippen LogP contribution in [0.5, 0.6) is 0 Å². The van der Waals surface area contributed by atoms with Crippen molar-refractivity contribution in [1.82, 2.24) is 19.7 Å². The van der Waals surface area contributed by atoms with Crippen molar-refractivity contribution in [3.8, 4) is 11.1 Å². The van der Waals surface area contributed by atoms with E-state index >= 15 is 0 Å². The first-order chi connectivity index (χ1) is 9.76. The lowest BCUT2D eigenvalue weighted by molar-refractivity contribution is 0.183. The van der Waals surface area contributed by atoms with Gasteiger partial charge in [-0.05, 0) is 18.2 Å². The second-order valence-electron chi connectivity index (χ2n) is 4.38.